The molecule has 0 radical (unpaired) electrons. The quantitative estimate of drug-likeness (QED) is 0.768. The molecule has 1 atom stereocenters. The number of carbonyl (C=O) groups excluding carboxylic acids is 1. The van der Waals surface area contributed by atoms with Gasteiger partial charge >= 0.3 is 0 Å². The fraction of sp³-hybridized carbons (Fsp3) is 0.462. The number of carbonyl (C=O) groups is 1. The normalized spacial score (nSPS) is 12.0. The summed E-state index contributed by atoms with van der Waals surface area (Å²) >= 11 is 0. The standard InChI is InChI=1S/C13H19NO3/c1-9(4-5-14)10-6-11(8-15)13(17-3)12(7-10)16-2/h6-9H,4-5,14H2,1-3H3. The molecule has 0 saturated heterocycles. The van der Waals surface area contributed by atoms with Gasteiger partial charge in [-0.3, -0.25) is 4.79 Å². The first-order valence-electron chi connectivity index (χ1n) is 5.59. The van der Waals surface area contributed by atoms with Gasteiger partial charge in [0.05, 0.1) is 19.8 Å². The topological polar surface area (TPSA) is 61.5 Å². The van der Waals surface area contributed by atoms with Crippen LogP contribution in [0.15, 0.2) is 12.1 Å². The van der Waals surface area contributed by atoms with E-state index in [1.807, 2.05) is 12.1 Å². The lowest BCUT2D eigenvalue weighted by Gasteiger charge is -2.16. The van der Waals surface area contributed by atoms with Crippen molar-refractivity contribution in [3.63, 3.8) is 0 Å². The molecular weight excluding hydrogens is 218 g/mol. The molecule has 0 heterocycles. The van der Waals surface area contributed by atoms with Gasteiger partial charge in [-0.25, -0.2) is 0 Å². The summed E-state index contributed by atoms with van der Waals surface area (Å²) in [6, 6.07) is 3.72. The van der Waals surface area contributed by atoms with Crippen LogP contribution in [0.5, 0.6) is 11.5 Å². The van der Waals surface area contributed by atoms with E-state index in [1.165, 1.54) is 7.11 Å². The van der Waals surface area contributed by atoms with Gasteiger partial charge in [0.25, 0.3) is 0 Å². The van der Waals surface area contributed by atoms with E-state index in [9.17, 15) is 4.79 Å². The van der Waals surface area contributed by atoms with E-state index < -0.39 is 0 Å². The number of nitrogens with two attached hydrogens (primary N) is 1. The zero-order valence-corrected chi connectivity index (χ0v) is 10.5. The van der Waals surface area contributed by atoms with Gasteiger partial charge < -0.3 is 15.2 Å². The third kappa shape index (κ3) is 2.97. The van der Waals surface area contributed by atoms with Crippen LogP contribution in [0.3, 0.4) is 0 Å². The first-order chi connectivity index (χ1) is 8.17. The molecule has 0 saturated carbocycles. The van der Waals surface area contributed by atoms with E-state index in [1.54, 1.807) is 7.11 Å². The van der Waals surface area contributed by atoms with Crippen LogP contribution in [-0.4, -0.2) is 27.1 Å². The van der Waals surface area contributed by atoms with Crippen LogP contribution in [0, 0.1) is 0 Å². The number of rotatable bonds is 6. The first-order valence-corrected chi connectivity index (χ1v) is 5.59. The average Bonchev–Trinajstić information content (AvgIpc) is 2.37. The molecule has 0 spiro atoms. The second kappa shape index (κ2) is 6.25. The number of hydrogen-bond donors (Lipinski definition) is 1. The van der Waals surface area contributed by atoms with Crippen molar-refractivity contribution >= 4 is 6.29 Å². The molecule has 94 valence electrons. The Kier molecular flexibility index (Phi) is 4.97. The fourth-order valence-corrected chi connectivity index (χ4v) is 1.80. The van der Waals surface area contributed by atoms with Gasteiger partial charge in [-0.1, -0.05) is 6.92 Å². The molecule has 0 amide bonds. The number of aldehydes is 1. The van der Waals surface area contributed by atoms with Crippen LogP contribution in [0.2, 0.25) is 0 Å². The minimum absolute atomic E-state index is 0.290. The van der Waals surface area contributed by atoms with Gasteiger partial charge in [-0.2, -0.15) is 0 Å². The van der Waals surface area contributed by atoms with E-state index in [0.29, 0.717) is 29.5 Å². The molecule has 1 aromatic carbocycles. The van der Waals surface area contributed by atoms with Crippen molar-refractivity contribution in [3.05, 3.63) is 23.3 Å². The van der Waals surface area contributed by atoms with Crippen molar-refractivity contribution < 1.29 is 14.3 Å². The molecule has 0 aromatic heterocycles. The molecule has 0 aliphatic carbocycles. The maximum absolute atomic E-state index is 11.0. The molecular formula is C13H19NO3. The number of hydrogen-bond acceptors (Lipinski definition) is 4. The van der Waals surface area contributed by atoms with Gasteiger partial charge in [0.15, 0.2) is 17.8 Å². The maximum atomic E-state index is 11.0. The Bertz CT molecular complexity index is 390. The van der Waals surface area contributed by atoms with E-state index in [-0.39, 0.29) is 0 Å². The molecule has 1 aromatic rings. The highest BCUT2D eigenvalue weighted by Crippen LogP contribution is 2.34. The predicted octanol–water partition coefficient (Wildman–Crippen LogP) is 1.97. The zero-order valence-electron chi connectivity index (χ0n) is 10.5. The molecule has 0 aliphatic heterocycles. The molecule has 0 aliphatic rings. The molecule has 1 rings (SSSR count). The van der Waals surface area contributed by atoms with E-state index >= 15 is 0 Å². The Morgan fingerprint density at radius 3 is 2.53 bits per heavy atom. The third-order valence-electron chi connectivity index (χ3n) is 2.83. The summed E-state index contributed by atoms with van der Waals surface area (Å²) in [6.07, 6.45) is 1.65. The molecule has 0 bridgehead atoms. The Balaban J connectivity index is 3.21. The van der Waals surface area contributed by atoms with Crippen molar-refractivity contribution in [1.82, 2.24) is 0 Å². The first kappa shape index (κ1) is 13.5. The zero-order chi connectivity index (χ0) is 12.8. The van der Waals surface area contributed by atoms with Gasteiger partial charge in [-0.15, -0.1) is 0 Å². The highest BCUT2D eigenvalue weighted by Gasteiger charge is 2.14. The van der Waals surface area contributed by atoms with Crippen LogP contribution in [0.25, 0.3) is 0 Å². The number of methoxy groups -OCH3 is 2. The minimum Gasteiger partial charge on any atom is -0.493 e. The van der Waals surface area contributed by atoms with Crippen molar-refractivity contribution in [2.45, 2.75) is 19.3 Å². The van der Waals surface area contributed by atoms with Gasteiger partial charge in [0.1, 0.15) is 0 Å². The monoisotopic (exact) mass is 237 g/mol. The summed E-state index contributed by atoms with van der Waals surface area (Å²) < 4.78 is 10.4. The molecule has 4 nitrogen and oxygen atoms in total. The van der Waals surface area contributed by atoms with Crippen molar-refractivity contribution in [1.29, 1.82) is 0 Å². The van der Waals surface area contributed by atoms with Gasteiger partial charge in [0, 0.05) is 0 Å². The molecule has 2 N–H and O–H groups in total. The van der Waals surface area contributed by atoms with Crippen LogP contribution in [0.1, 0.15) is 35.2 Å². The Morgan fingerprint density at radius 1 is 1.35 bits per heavy atom. The lowest BCUT2D eigenvalue weighted by molar-refractivity contribution is 0.112. The van der Waals surface area contributed by atoms with Crippen molar-refractivity contribution in [3.8, 4) is 11.5 Å². The summed E-state index contributed by atoms with van der Waals surface area (Å²) in [5, 5.41) is 0. The smallest absolute Gasteiger partial charge is 0.171 e. The fourth-order valence-electron chi connectivity index (χ4n) is 1.80. The predicted molar refractivity (Wildman–Crippen MR) is 67.0 cm³/mol. The van der Waals surface area contributed by atoms with Crippen LogP contribution in [-0.2, 0) is 0 Å². The average molecular weight is 237 g/mol. The second-order valence-corrected chi connectivity index (χ2v) is 3.94. The summed E-state index contributed by atoms with van der Waals surface area (Å²) in [7, 11) is 3.08. The van der Waals surface area contributed by atoms with Crippen molar-refractivity contribution in [2.24, 2.45) is 5.73 Å². The Morgan fingerprint density at radius 2 is 2.06 bits per heavy atom. The molecule has 17 heavy (non-hydrogen) atoms. The summed E-state index contributed by atoms with van der Waals surface area (Å²) in [5.41, 5.74) is 7.08. The molecule has 1 unspecified atom stereocenters. The maximum Gasteiger partial charge on any atom is 0.171 e. The minimum atomic E-state index is 0.290. The Labute approximate surface area is 102 Å². The van der Waals surface area contributed by atoms with Crippen molar-refractivity contribution in [2.75, 3.05) is 20.8 Å². The van der Waals surface area contributed by atoms with Gasteiger partial charge in [-0.05, 0) is 36.6 Å². The SMILES string of the molecule is COc1cc(C(C)CCN)cc(C=O)c1OC. The van der Waals surface area contributed by atoms with E-state index in [4.69, 9.17) is 15.2 Å². The van der Waals surface area contributed by atoms with E-state index in [2.05, 4.69) is 6.92 Å². The second-order valence-electron chi connectivity index (χ2n) is 3.94. The number of ether oxygens (including phenoxy) is 2. The lowest BCUT2D eigenvalue weighted by Crippen LogP contribution is -2.06. The van der Waals surface area contributed by atoms with Crippen LogP contribution < -0.4 is 15.2 Å². The third-order valence-corrected chi connectivity index (χ3v) is 2.83. The molecule has 4 heteroatoms. The van der Waals surface area contributed by atoms with Crippen LogP contribution >= 0.6 is 0 Å². The van der Waals surface area contributed by atoms with E-state index in [0.717, 1.165) is 18.3 Å². The summed E-state index contributed by atoms with van der Waals surface area (Å²) in [6.45, 7) is 2.69. The summed E-state index contributed by atoms with van der Waals surface area (Å²) in [5.74, 6) is 1.35. The Hall–Kier alpha value is -1.55. The lowest BCUT2D eigenvalue weighted by atomic mass is 9.95. The van der Waals surface area contributed by atoms with Crippen LogP contribution in [0.4, 0.5) is 0 Å². The summed E-state index contributed by atoms with van der Waals surface area (Å²) in [4.78, 5) is 11.0. The largest absolute Gasteiger partial charge is 0.493 e. The highest BCUT2D eigenvalue weighted by atomic mass is 16.5. The van der Waals surface area contributed by atoms with Gasteiger partial charge in [0.2, 0.25) is 0 Å². The highest BCUT2D eigenvalue weighted by molar-refractivity contribution is 5.81. The molecule has 0 fully saturated rings. The number of benzene rings is 1.